The molecule has 3 rings (SSSR count). The molecule has 2 heterocycles. The lowest BCUT2D eigenvalue weighted by atomic mass is 10.2. The fraction of sp³-hybridized carbons (Fsp3) is 0.154. The Labute approximate surface area is 127 Å². The van der Waals surface area contributed by atoms with Gasteiger partial charge in [0, 0.05) is 11.0 Å². The molecule has 0 atom stereocenters. The Balaban J connectivity index is 1.75. The van der Waals surface area contributed by atoms with Crippen LogP contribution in [0.2, 0.25) is 0 Å². The van der Waals surface area contributed by atoms with Crippen LogP contribution >= 0.6 is 31.9 Å². The Morgan fingerprint density at radius 3 is 2.68 bits per heavy atom. The summed E-state index contributed by atoms with van der Waals surface area (Å²) in [6.45, 7) is 0.968. The van der Waals surface area contributed by atoms with Gasteiger partial charge in [0.25, 0.3) is 0 Å². The normalized spacial score (nSPS) is 12.5. The molecule has 1 N–H and O–H groups in total. The second-order valence-corrected chi connectivity index (χ2v) is 5.69. The Kier molecular flexibility index (Phi) is 3.61. The van der Waals surface area contributed by atoms with Gasteiger partial charge in [-0.25, -0.2) is 4.98 Å². The van der Waals surface area contributed by atoms with Crippen LogP contribution in [-0.4, -0.2) is 11.8 Å². The number of benzene rings is 1. The van der Waals surface area contributed by atoms with Crippen molar-refractivity contribution in [3.05, 3.63) is 45.1 Å². The zero-order valence-corrected chi connectivity index (χ0v) is 13.0. The van der Waals surface area contributed by atoms with Crippen LogP contribution in [-0.2, 0) is 6.54 Å². The SMILES string of the molecule is Brc1ccc(NCc2cc3c(cc2Br)OCO3)cn1. The minimum absolute atomic E-state index is 0.287. The van der Waals surface area contributed by atoms with E-state index in [2.05, 4.69) is 42.2 Å². The Morgan fingerprint density at radius 1 is 1.16 bits per heavy atom. The molecule has 1 aliphatic rings. The third-order valence-corrected chi connectivity index (χ3v) is 3.96. The highest BCUT2D eigenvalue weighted by molar-refractivity contribution is 9.10. The third-order valence-electron chi connectivity index (χ3n) is 2.75. The monoisotopic (exact) mass is 384 g/mol. The van der Waals surface area contributed by atoms with Gasteiger partial charge in [-0.05, 0) is 45.8 Å². The van der Waals surface area contributed by atoms with Crippen molar-refractivity contribution in [3.8, 4) is 11.5 Å². The van der Waals surface area contributed by atoms with Gasteiger partial charge in [-0.2, -0.15) is 0 Å². The van der Waals surface area contributed by atoms with E-state index in [1.165, 1.54) is 0 Å². The predicted octanol–water partition coefficient (Wildman–Crippen LogP) is 3.95. The molecule has 4 nitrogen and oxygen atoms in total. The second kappa shape index (κ2) is 5.38. The van der Waals surface area contributed by atoms with E-state index >= 15 is 0 Å². The maximum atomic E-state index is 5.37. The van der Waals surface area contributed by atoms with Crippen LogP contribution in [0.25, 0.3) is 0 Å². The van der Waals surface area contributed by atoms with Gasteiger partial charge in [-0.15, -0.1) is 0 Å². The molecule has 0 unspecified atom stereocenters. The topological polar surface area (TPSA) is 43.4 Å². The van der Waals surface area contributed by atoms with Crippen molar-refractivity contribution in [3.63, 3.8) is 0 Å². The molecule has 2 aromatic rings. The van der Waals surface area contributed by atoms with Crippen molar-refractivity contribution in [1.29, 1.82) is 0 Å². The minimum Gasteiger partial charge on any atom is -0.454 e. The van der Waals surface area contributed by atoms with Gasteiger partial charge < -0.3 is 14.8 Å². The molecule has 0 radical (unpaired) electrons. The zero-order chi connectivity index (χ0) is 13.2. The first-order chi connectivity index (χ1) is 9.22. The molecule has 0 saturated heterocycles. The van der Waals surface area contributed by atoms with E-state index < -0.39 is 0 Å². The Morgan fingerprint density at radius 2 is 1.95 bits per heavy atom. The van der Waals surface area contributed by atoms with Gasteiger partial charge >= 0.3 is 0 Å². The smallest absolute Gasteiger partial charge is 0.231 e. The number of fused-ring (bicyclic) bond motifs is 1. The van der Waals surface area contributed by atoms with E-state index in [1.54, 1.807) is 6.20 Å². The predicted molar refractivity (Wildman–Crippen MR) is 79.5 cm³/mol. The highest BCUT2D eigenvalue weighted by atomic mass is 79.9. The van der Waals surface area contributed by atoms with Crippen LogP contribution in [0.4, 0.5) is 5.69 Å². The first-order valence-corrected chi connectivity index (χ1v) is 7.24. The number of hydrogen-bond donors (Lipinski definition) is 1. The van der Waals surface area contributed by atoms with Crippen LogP contribution in [0.5, 0.6) is 11.5 Å². The van der Waals surface area contributed by atoms with Crippen LogP contribution in [0.3, 0.4) is 0 Å². The van der Waals surface area contributed by atoms with E-state index in [1.807, 2.05) is 24.3 Å². The lowest BCUT2D eigenvalue weighted by Gasteiger charge is -2.09. The molecule has 6 heteroatoms. The summed E-state index contributed by atoms with van der Waals surface area (Å²) in [5, 5.41) is 3.31. The minimum atomic E-state index is 0.287. The van der Waals surface area contributed by atoms with Crippen molar-refractivity contribution < 1.29 is 9.47 Å². The van der Waals surface area contributed by atoms with Gasteiger partial charge in [0.1, 0.15) is 4.60 Å². The van der Waals surface area contributed by atoms with E-state index in [-0.39, 0.29) is 6.79 Å². The molecule has 1 aromatic carbocycles. The van der Waals surface area contributed by atoms with Crippen LogP contribution in [0.1, 0.15) is 5.56 Å². The fourth-order valence-corrected chi connectivity index (χ4v) is 2.47. The van der Waals surface area contributed by atoms with E-state index in [4.69, 9.17) is 9.47 Å². The summed E-state index contributed by atoms with van der Waals surface area (Å²) in [5.74, 6) is 1.56. The van der Waals surface area contributed by atoms with Crippen LogP contribution in [0, 0.1) is 0 Å². The molecular weight excluding hydrogens is 376 g/mol. The third kappa shape index (κ3) is 2.84. The number of rotatable bonds is 3. The number of ether oxygens (including phenoxy) is 2. The van der Waals surface area contributed by atoms with E-state index in [9.17, 15) is 0 Å². The van der Waals surface area contributed by atoms with Crippen molar-refractivity contribution in [2.75, 3.05) is 12.1 Å². The van der Waals surface area contributed by atoms with Crippen molar-refractivity contribution >= 4 is 37.5 Å². The van der Waals surface area contributed by atoms with Gasteiger partial charge in [0.2, 0.25) is 6.79 Å². The van der Waals surface area contributed by atoms with Crippen molar-refractivity contribution in [1.82, 2.24) is 4.98 Å². The first-order valence-electron chi connectivity index (χ1n) is 5.66. The maximum Gasteiger partial charge on any atom is 0.231 e. The average molecular weight is 386 g/mol. The molecular formula is C13H10Br2N2O2. The molecule has 0 spiro atoms. The second-order valence-electron chi connectivity index (χ2n) is 4.02. The summed E-state index contributed by atoms with van der Waals surface area (Å²) in [7, 11) is 0. The zero-order valence-electron chi connectivity index (χ0n) is 9.82. The van der Waals surface area contributed by atoms with Gasteiger partial charge in [0.05, 0.1) is 11.9 Å². The summed E-state index contributed by atoms with van der Waals surface area (Å²) >= 11 is 6.85. The average Bonchev–Trinajstić information content (AvgIpc) is 2.85. The number of hydrogen-bond acceptors (Lipinski definition) is 4. The number of aromatic nitrogens is 1. The standard InChI is InChI=1S/C13H10Br2N2O2/c14-10-4-12-11(18-7-19-12)3-8(10)5-16-9-1-2-13(15)17-6-9/h1-4,6,16H,5,7H2. The molecule has 19 heavy (non-hydrogen) atoms. The number of nitrogens with one attached hydrogen (secondary N) is 1. The lowest BCUT2D eigenvalue weighted by molar-refractivity contribution is 0.174. The van der Waals surface area contributed by atoms with Crippen LogP contribution < -0.4 is 14.8 Å². The molecule has 0 fully saturated rings. The van der Waals surface area contributed by atoms with Gasteiger partial charge in [-0.1, -0.05) is 15.9 Å². The van der Waals surface area contributed by atoms with Crippen LogP contribution in [0.15, 0.2) is 39.5 Å². The molecule has 98 valence electrons. The highest BCUT2D eigenvalue weighted by Crippen LogP contribution is 2.37. The van der Waals surface area contributed by atoms with E-state index in [0.717, 1.165) is 31.8 Å². The number of pyridine rings is 1. The van der Waals surface area contributed by atoms with Gasteiger partial charge in [-0.3, -0.25) is 0 Å². The summed E-state index contributed by atoms with van der Waals surface area (Å²) in [5.41, 5.74) is 2.07. The summed E-state index contributed by atoms with van der Waals surface area (Å²) in [6, 6.07) is 7.78. The number of anilines is 1. The first kappa shape index (κ1) is 12.7. The molecule has 1 aliphatic heterocycles. The van der Waals surface area contributed by atoms with Crippen molar-refractivity contribution in [2.45, 2.75) is 6.54 Å². The number of halogens is 2. The molecule has 0 aliphatic carbocycles. The lowest BCUT2D eigenvalue weighted by Crippen LogP contribution is -2.00. The summed E-state index contributed by atoms with van der Waals surface area (Å²) in [4.78, 5) is 4.17. The van der Waals surface area contributed by atoms with Gasteiger partial charge in [0.15, 0.2) is 11.5 Å². The molecule has 0 amide bonds. The number of nitrogens with zero attached hydrogens (tertiary/aromatic N) is 1. The summed E-state index contributed by atoms with van der Waals surface area (Å²) in [6.07, 6.45) is 1.78. The largest absolute Gasteiger partial charge is 0.454 e. The Hall–Kier alpha value is -1.27. The molecule has 1 aromatic heterocycles. The fourth-order valence-electron chi connectivity index (χ4n) is 1.77. The Bertz CT molecular complexity index is 602. The molecule has 0 bridgehead atoms. The summed E-state index contributed by atoms with van der Waals surface area (Å²) < 4.78 is 12.5. The maximum absolute atomic E-state index is 5.37. The van der Waals surface area contributed by atoms with E-state index in [0.29, 0.717) is 6.54 Å². The molecule has 0 saturated carbocycles. The quantitative estimate of drug-likeness (QED) is 0.812. The highest BCUT2D eigenvalue weighted by Gasteiger charge is 2.16. The van der Waals surface area contributed by atoms with Crippen molar-refractivity contribution in [2.24, 2.45) is 0 Å².